The molecule has 12 heteroatoms. The second kappa shape index (κ2) is 10.8. The van der Waals surface area contributed by atoms with Crippen LogP contribution in [0.2, 0.25) is 0 Å². The Balaban J connectivity index is 3.04. The quantitative estimate of drug-likeness (QED) is 0.373. The van der Waals surface area contributed by atoms with Crippen LogP contribution in [0.1, 0.15) is 20.8 Å². The maximum absolute atomic E-state index is 6.05. The number of hydrogen-bond donors (Lipinski definition) is 0. The molecule has 1 heterocycles. The van der Waals surface area contributed by atoms with Gasteiger partial charge in [0.25, 0.3) is 0 Å². The Hall–Kier alpha value is 0.720. The van der Waals surface area contributed by atoms with E-state index in [0.717, 1.165) is 0 Å². The van der Waals surface area contributed by atoms with Gasteiger partial charge < -0.3 is 14.2 Å². The summed E-state index contributed by atoms with van der Waals surface area (Å²) in [6, 6.07) is -0.213. The molecule has 0 aliphatic heterocycles. The van der Waals surface area contributed by atoms with E-state index in [2.05, 4.69) is 62.7 Å². The van der Waals surface area contributed by atoms with E-state index < -0.39 is 16.7 Å². The summed E-state index contributed by atoms with van der Waals surface area (Å²) < 4.78 is 16.3. The highest BCUT2D eigenvalue weighted by molar-refractivity contribution is 9.10. The van der Waals surface area contributed by atoms with Gasteiger partial charge in [-0.15, -0.1) is 15.0 Å². The summed E-state index contributed by atoms with van der Waals surface area (Å²) in [5.74, 6) is 0. The number of ether oxygens (including phenoxy) is 3. The van der Waals surface area contributed by atoms with Crippen LogP contribution >= 0.6 is 82.6 Å². The Morgan fingerprint density at radius 2 is 0.833 bits per heavy atom. The van der Waals surface area contributed by atoms with Gasteiger partial charge in [-0.05, 0) is 20.8 Å². The fourth-order valence-electron chi connectivity index (χ4n) is 1.06. The molecule has 138 valence electrons. The van der Waals surface area contributed by atoms with Crippen LogP contribution in [-0.4, -0.2) is 46.1 Å². The smallest absolute Gasteiger partial charge is 0.327 e. The number of alkyl halides is 6. The zero-order valence-electron chi connectivity index (χ0n) is 12.8. The first-order valence-electron chi connectivity index (χ1n) is 6.70. The summed E-state index contributed by atoms with van der Waals surface area (Å²) in [6.45, 7) is 5.45. The Kier molecular flexibility index (Phi) is 10.2. The van der Waals surface area contributed by atoms with Gasteiger partial charge in [0.1, 0.15) is 0 Å². The molecule has 0 aliphatic carbocycles. The van der Waals surface area contributed by atoms with Gasteiger partial charge in [0.15, 0.2) is 16.7 Å². The van der Waals surface area contributed by atoms with Crippen LogP contribution in [0.5, 0.6) is 18.0 Å². The lowest BCUT2D eigenvalue weighted by molar-refractivity contribution is 0.208. The second-order valence-corrected chi connectivity index (χ2v) is 10.2. The van der Waals surface area contributed by atoms with E-state index >= 15 is 0 Å². The van der Waals surface area contributed by atoms with Gasteiger partial charge in [-0.3, -0.25) is 0 Å². The zero-order valence-corrected chi connectivity index (χ0v) is 19.8. The van der Waals surface area contributed by atoms with Crippen molar-refractivity contribution in [1.29, 1.82) is 0 Å². The Bertz CT molecular complexity index is 445. The average molecular weight is 595 g/mol. The van der Waals surface area contributed by atoms with E-state index in [1.165, 1.54) is 0 Å². The Labute approximate surface area is 180 Å². The van der Waals surface area contributed by atoms with Crippen LogP contribution in [-0.2, 0) is 0 Å². The van der Waals surface area contributed by atoms with Gasteiger partial charge in [0.2, 0.25) is 0 Å². The van der Waals surface area contributed by atoms with Gasteiger partial charge in [-0.2, -0.15) is 0 Å². The van der Waals surface area contributed by atoms with E-state index in [1.807, 2.05) is 20.8 Å². The molecule has 24 heavy (non-hydrogen) atoms. The van der Waals surface area contributed by atoms with Crippen molar-refractivity contribution < 1.29 is 14.2 Å². The Morgan fingerprint density at radius 3 is 1.00 bits per heavy atom. The molecule has 0 radical (unpaired) electrons. The molecule has 6 atom stereocenters. The van der Waals surface area contributed by atoms with Crippen LogP contribution in [0.3, 0.4) is 0 Å². The molecule has 1 aromatic rings. The molecule has 0 aliphatic rings. The average Bonchev–Trinajstić information content (AvgIpc) is 2.46. The van der Waals surface area contributed by atoms with E-state index in [1.54, 1.807) is 0 Å². The van der Waals surface area contributed by atoms with Gasteiger partial charge in [-0.1, -0.05) is 82.6 Å². The Morgan fingerprint density at radius 1 is 0.625 bits per heavy atom. The molecule has 6 nitrogen and oxygen atoms in total. The van der Waals surface area contributed by atoms with Crippen molar-refractivity contribution in [2.45, 2.75) is 51.9 Å². The second-order valence-electron chi connectivity index (χ2n) is 4.62. The third-order valence-electron chi connectivity index (χ3n) is 2.31. The minimum atomic E-state index is -0.711. The third kappa shape index (κ3) is 7.95. The van der Waals surface area contributed by atoms with Crippen molar-refractivity contribution in [2.75, 3.05) is 0 Å². The number of rotatable bonds is 9. The third-order valence-corrected chi connectivity index (χ3v) is 6.07. The summed E-state index contributed by atoms with van der Waals surface area (Å²) in [5.41, 5.74) is -2.13. The monoisotopic (exact) mass is 591 g/mol. The number of halogens is 6. The fourth-order valence-corrected chi connectivity index (χ4v) is 1.62. The molecular weight excluding hydrogens is 580 g/mol. The van der Waals surface area contributed by atoms with Gasteiger partial charge in [-0.25, -0.2) is 0 Å². The van der Waals surface area contributed by atoms with E-state index in [4.69, 9.17) is 49.0 Å². The van der Waals surface area contributed by atoms with Crippen LogP contribution in [0, 0.1) is 0 Å². The lowest BCUT2D eigenvalue weighted by atomic mass is 10.5. The first-order chi connectivity index (χ1) is 11.1. The largest absolute Gasteiger partial charge is 0.442 e. The summed E-state index contributed by atoms with van der Waals surface area (Å²) in [7, 11) is 0. The van der Waals surface area contributed by atoms with Crippen molar-refractivity contribution in [1.82, 2.24) is 15.0 Å². The molecule has 0 fully saturated rings. The van der Waals surface area contributed by atoms with E-state index in [-0.39, 0.29) is 32.5 Å². The van der Waals surface area contributed by atoms with Crippen LogP contribution in [0.15, 0.2) is 0 Å². The van der Waals surface area contributed by atoms with Crippen LogP contribution in [0.25, 0.3) is 0 Å². The van der Waals surface area contributed by atoms with Crippen LogP contribution in [0.4, 0.5) is 0 Å². The van der Waals surface area contributed by atoms with Crippen molar-refractivity contribution in [2.24, 2.45) is 0 Å². The summed E-state index contributed by atoms with van der Waals surface area (Å²) in [4.78, 5) is 11.6. The molecule has 1 rings (SSSR count). The molecule has 0 spiro atoms. The SMILES string of the molecule is CC(Br)C(Cl)Oc1nc(OC(Cl)C(C)Br)nc(OC(Cl)C(C)Br)n1. The minimum absolute atomic E-state index is 0.0708. The van der Waals surface area contributed by atoms with Gasteiger partial charge in [0, 0.05) is 0 Å². The lowest BCUT2D eigenvalue weighted by Crippen LogP contribution is -2.24. The molecule has 0 N–H and O–H groups in total. The van der Waals surface area contributed by atoms with Crippen molar-refractivity contribution in [3.63, 3.8) is 0 Å². The predicted molar refractivity (Wildman–Crippen MR) is 106 cm³/mol. The standard InChI is InChI=1S/C12H15Br3Cl3N3O3/c1-4(13)7(16)22-10-19-11(23-8(17)5(2)14)21-12(20-10)24-9(18)6(3)15/h4-9H,1-3H3. The maximum Gasteiger partial charge on any atom is 0.327 e. The molecule has 0 saturated heterocycles. The van der Waals surface area contributed by atoms with Gasteiger partial charge in [0.05, 0.1) is 14.5 Å². The highest BCUT2D eigenvalue weighted by atomic mass is 79.9. The topological polar surface area (TPSA) is 66.4 Å². The summed E-state index contributed by atoms with van der Waals surface area (Å²) in [6.07, 6.45) is 0. The fraction of sp³-hybridized carbons (Fsp3) is 0.750. The number of aromatic nitrogens is 3. The van der Waals surface area contributed by atoms with E-state index in [9.17, 15) is 0 Å². The van der Waals surface area contributed by atoms with Crippen molar-refractivity contribution in [3.05, 3.63) is 0 Å². The first-order valence-corrected chi connectivity index (χ1v) is 10.8. The molecule has 1 aromatic heterocycles. The highest BCUT2D eigenvalue weighted by Crippen LogP contribution is 2.24. The summed E-state index contributed by atoms with van der Waals surface area (Å²) in [5, 5.41) is 0. The molecule has 0 bridgehead atoms. The number of hydrogen-bond acceptors (Lipinski definition) is 6. The molecule has 0 saturated carbocycles. The van der Waals surface area contributed by atoms with Gasteiger partial charge >= 0.3 is 18.0 Å². The first kappa shape index (κ1) is 22.8. The number of nitrogens with zero attached hydrogens (tertiary/aromatic N) is 3. The lowest BCUT2D eigenvalue weighted by Gasteiger charge is -2.18. The summed E-state index contributed by atoms with van der Waals surface area (Å²) >= 11 is 28.1. The molecule has 0 amide bonds. The predicted octanol–water partition coefficient (Wildman–Crippen LogP) is 5.05. The maximum atomic E-state index is 6.05. The zero-order chi connectivity index (χ0) is 18.4. The highest BCUT2D eigenvalue weighted by Gasteiger charge is 2.22. The molecule has 6 unspecified atom stereocenters. The van der Waals surface area contributed by atoms with Crippen molar-refractivity contribution in [3.8, 4) is 18.0 Å². The van der Waals surface area contributed by atoms with Crippen LogP contribution < -0.4 is 14.2 Å². The van der Waals surface area contributed by atoms with E-state index in [0.29, 0.717) is 0 Å². The van der Waals surface area contributed by atoms with Crippen molar-refractivity contribution >= 4 is 82.6 Å². The minimum Gasteiger partial charge on any atom is -0.442 e. The normalized spacial score (nSPS) is 18.9. The molecule has 0 aromatic carbocycles. The molecular formula is C12H15Br3Cl3N3O3.